The third-order valence-corrected chi connectivity index (χ3v) is 6.42. The van der Waals surface area contributed by atoms with Gasteiger partial charge in [-0.15, -0.1) is 16.8 Å². The Kier molecular flexibility index (Phi) is 5.62. The zero-order valence-electron chi connectivity index (χ0n) is 16.1. The standard InChI is InChI=1S/C21H25N5OS/c1-3-13-26-19(15-9-5-4-6-10-15)24-25-21(26)28-14(2)18-22-17-12-8-7-11-16(17)20(27)23-18/h3,7-8,11-12,14-15H,1,4-6,9-10,13H2,2H3,(H,22,23,27)/t14-/m1/s1. The number of thioether (sulfide) groups is 1. The second-order valence-corrected chi connectivity index (χ2v) is 8.61. The van der Waals surface area contributed by atoms with Crippen molar-refractivity contribution in [3.63, 3.8) is 0 Å². The first kappa shape index (κ1) is 18.9. The first-order valence-electron chi connectivity index (χ1n) is 9.87. The van der Waals surface area contributed by atoms with Gasteiger partial charge in [-0.2, -0.15) is 0 Å². The van der Waals surface area contributed by atoms with Crippen LogP contribution < -0.4 is 5.56 Å². The molecule has 2 heterocycles. The van der Waals surface area contributed by atoms with E-state index in [2.05, 4.69) is 31.3 Å². The number of rotatable bonds is 6. The van der Waals surface area contributed by atoms with E-state index in [9.17, 15) is 4.79 Å². The van der Waals surface area contributed by atoms with Crippen LogP contribution in [0.3, 0.4) is 0 Å². The minimum absolute atomic E-state index is 0.0516. The molecule has 1 fully saturated rings. The molecule has 0 bridgehead atoms. The van der Waals surface area contributed by atoms with Crippen LogP contribution in [0.4, 0.5) is 0 Å². The zero-order chi connectivity index (χ0) is 19.5. The highest BCUT2D eigenvalue weighted by Gasteiger charge is 2.24. The molecule has 1 N–H and O–H groups in total. The Morgan fingerprint density at radius 2 is 2.07 bits per heavy atom. The number of hydrogen-bond acceptors (Lipinski definition) is 5. The van der Waals surface area contributed by atoms with Crippen LogP contribution in [0.1, 0.15) is 61.8 Å². The van der Waals surface area contributed by atoms with Gasteiger partial charge in [0.15, 0.2) is 5.16 Å². The van der Waals surface area contributed by atoms with E-state index in [1.165, 1.54) is 32.1 Å². The van der Waals surface area contributed by atoms with Gasteiger partial charge in [0, 0.05) is 12.5 Å². The van der Waals surface area contributed by atoms with E-state index >= 15 is 0 Å². The van der Waals surface area contributed by atoms with E-state index in [1.54, 1.807) is 17.8 Å². The van der Waals surface area contributed by atoms with Gasteiger partial charge < -0.3 is 9.55 Å². The molecule has 1 aromatic carbocycles. The molecule has 3 aromatic rings. The van der Waals surface area contributed by atoms with Gasteiger partial charge in [-0.1, -0.05) is 49.2 Å². The molecule has 0 radical (unpaired) electrons. The molecule has 0 aliphatic heterocycles. The van der Waals surface area contributed by atoms with Crippen molar-refractivity contribution in [3.8, 4) is 0 Å². The lowest BCUT2D eigenvalue weighted by atomic mass is 9.89. The maximum atomic E-state index is 12.4. The summed E-state index contributed by atoms with van der Waals surface area (Å²) in [5.41, 5.74) is 0.604. The molecule has 2 aromatic heterocycles. The molecule has 0 unspecified atom stereocenters. The number of aromatic amines is 1. The van der Waals surface area contributed by atoms with Gasteiger partial charge in [0.05, 0.1) is 16.2 Å². The fraction of sp³-hybridized carbons (Fsp3) is 0.429. The number of para-hydroxylation sites is 1. The largest absolute Gasteiger partial charge is 0.309 e. The molecule has 4 rings (SSSR count). The molecule has 0 amide bonds. The third-order valence-electron chi connectivity index (χ3n) is 5.33. The summed E-state index contributed by atoms with van der Waals surface area (Å²) in [6, 6.07) is 7.40. The molecule has 7 heteroatoms. The van der Waals surface area contributed by atoms with E-state index in [1.807, 2.05) is 31.2 Å². The van der Waals surface area contributed by atoms with Crippen molar-refractivity contribution in [2.24, 2.45) is 0 Å². The SMILES string of the molecule is C=CCn1c(S[C@H](C)c2nc3ccccc3c(=O)[nH]2)nnc1C1CCCCC1. The average molecular weight is 396 g/mol. The van der Waals surface area contributed by atoms with Crippen LogP contribution in [-0.2, 0) is 6.54 Å². The Balaban J connectivity index is 1.62. The maximum absolute atomic E-state index is 12.4. The van der Waals surface area contributed by atoms with Crippen LogP contribution in [0, 0.1) is 0 Å². The minimum Gasteiger partial charge on any atom is -0.309 e. The number of nitrogens with one attached hydrogen (secondary N) is 1. The van der Waals surface area contributed by atoms with E-state index in [-0.39, 0.29) is 10.8 Å². The highest BCUT2D eigenvalue weighted by Crippen LogP contribution is 2.36. The summed E-state index contributed by atoms with van der Waals surface area (Å²) < 4.78 is 2.17. The predicted octanol–water partition coefficient (Wildman–Crippen LogP) is 4.60. The van der Waals surface area contributed by atoms with Crippen LogP contribution >= 0.6 is 11.8 Å². The fourth-order valence-electron chi connectivity index (χ4n) is 3.86. The number of H-pyrrole nitrogens is 1. The molecule has 1 aliphatic rings. The van der Waals surface area contributed by atoms with Gasteiger partial charge in [-0.05, 0) is 31.9 Å². The predicted molar refractivity (Wildman–Crippen MR) is 113 cm³/mol. The summed E-state index contributed by atoms with van der Waals surface area (Å²) in [6.45, 7) is 6.62. The van der Waals surface area contributed by atoms with Crippen LogP contribution in [0.5, 0.6) is 0 Å². The number of fused-ring (bicyclic) bond motifs is 1. The summed E-state index contributed by atoms with van der Waals surface area (Å²) in [4.78, 5) is 20.0. The van der Waals surface area contributed by atoms with Gasteiger partial charge in [0.2, 0.25) is 0 Å². The van der Waals surface area contributed by atoms with E-state index < -0.39 is 0 Å². The van der Waals surface area contributed by atoms with Gasteiger partial charge in [-0.3, -0.25) is 4.79 Å². The third kappa shape index (κ3) is 3.76. The number of allylic oxidation sites excluding steroid dienone is 1. The van der Waals surface area contributed by atoms with Gasteiger partial charge in [0.1, 0.15) is 11.6 Å². The Morgan fingerprint density at radius 3 is 2.86 bits per heavy atom. The van der Waals surface area contributed by atoms with Crippen molar-refractivity contribution in [2.75, 3.05) is 0 Å². The summed E-state index contributed by atoms with van der Waals surface area (Å²) in [5.74, 6) is 2.19. The van der Waals surface area contributed by atoms with E-state index in [0.717, 1.165) is 11.0 Å². The highest BCUT2D eigenvalue weighted by molar-refractivity contribution is 7.99. The molecule has 0 saturated heterocycles. The molecule has 1 saturated carbocycles. The van der Waals surface area contributed by atoms with Crippen LogP contribution in [-0.4, -0.2) is 24.7 Å². The second kappa shape index (κ2) is 8.31. The van der Waals surface area contributed by atoms with Crippen molar-refractivity contribution < 1.29 is 0 Å². The summed E-state index contributed by atoms with van der Waals surface area (Å²) >= 11 is 1.57. The Morgan fingerprint density at radius 1 is 1.29 bits per heavy atom. The molecule has 1 atom stereocenters. The van der Waals surface area contributed by atoms with Crippen LogP contribution in [0.25, 0.3) is 10.9 Å². The van der Waals surface area contributed by atoms with Crippen molar-refractivity contribution in [1.82, 2.24) is 24.7 Å². The van der Waals surface area contributed by atoms with Gasteiger partial charge >= 0.3 is 0 Å². The van der Waals surface area contributed by atoms with Crippen molar-refractivity contribution in [3.05, 3.63) is 58.9 Å². The van der Waals surface area contributed by atoms with E-state index in [0.29, 0.717) is 29.2 Å². The summed E-state index contributed by atoms with van der Waals surface area (Å²) in [7, 11) is 0. The Labute approximate surface area is 168 Å². The lowest BCUT2D eigenvalue weighted by Gasteiger charge is -2.21. The van der Waals surface area contributed by atoms with Crippen molar-refractivity contribution >= 4 is 22.7 Å². The molecular formula is C21H25N5OS. The molecular weight excluding hydrogens is 370 g/mol. The van der Waals surface area contributed by atoms with Crippen LogP contribution in [0.15, 0.2) is 46.9 Å². The molecule has 6 nitrogen and oxygen atoms in total. The second-order valence-electron chi connectivity index (χ2n) is 7.30. The molecule has 0 spiro atoms. The van der Waals surface area contributed by atoms with Crippen molar-refractivity contribution in [2.45, 2.75) is 61.9 Å². The first-order chi connectivity index (χ1) is 13.7. The van der Waals surface area contributed by atoms with E-state index in [4.69, 9.17) is 0 Å². The Bertz CT molecular complexity index is 1030. The van der Waals surface area contributed by atoms with Gasteiger partial charge in [0.25, 0.3) is 5.56 Å². The smallest absolute Gasteiger partial charge is 0.258 e. The lowest BCUT2D eigenvalue weighted by molar-refractivity contribution is 0.415. The minimum atomic E-state index is -0.108. The topological polar surface area (TPSA) is 76.5 Å². The average Bonchev–Trinajstić information content (AvgIpc) is 3.11. The summed E-state index contributed by atoms with van der Waals surface area (Å²) in [5, 5.41) is 10.4. The summed E-state index contributed by atoms with van der Waals surface area (Å²) in [6.07, 6.45) is 8.07. The molecule has 146 valence electrons. The van der Waals surface area contributed by atoms with Crippen LogP contribution in [0.2, 0.25) is 0 Å². The maximum Gasteiger partial charge on any atom is 0.258 e. The number of hydrogen-bond donors (Lipinski definition) is 1. The fourth-order valence-corrected chi connectivity index (χ4v) is 4.78. The molecule has 1 aliphatic carbocycles. The lowest BCUT2D eigenvalue weighted by Crippen LogP contribution is -2.14. The monoisotopic (exact) mass is 395 g/mol. The van der Waals surface area contributed by atoms with Gasteiger partial charge in [-0.25, -0.2) is 4.98 Å². The van der Waals surface area contributed by atoms with Crippen molar-refractivity contribution in [1.29, 1.82) is 0 Å². The number of benzene rings is 1. The highest BCUT2D eigenvalue weighted by atomic mass is 32.2. The first-order valence-corrected chi connectivity index (χ1v) is 10.7. The number of nitrogens with zero attached hydrogens (tertiary/aromatic N) is 4. The normalized spacial score (nSPS) is 16.3. The zero-order valence-corrected chi connectivity index (χ0v) is 16.9. The quantitative estimate of drug-likeness (QED) is 0.487. The molecule has 28 heavy (non-hydrogen) atoms. The Hall–Kier alpha value is -2.41. The number of aromatic nitrogens is 5.